The highest BCUT2D eigenvalue weighted by Crippen LogP contribution is 2.21. The minimum Gasteiger partial charge on any atom is -0.316 e. The second-order valence-corrected chi connectivity index (χ2v) is 4.74. The Balaban J connectivity index is 2.09. The van der Waals surface area contributed by atoms with Crippen molar-refractivity contribution >= 4 is 0 Å². The summed E-state index contributed by atoms with van der Waals surface area (Å²) in [5.74, 6) is 2.35. The highest BCUT2D eigenvalue weighted by Gasteiger charge is 2.20. The lowest BCUT2D eigenvalue weighted by atomic mass is 9.99. The van der Waals surface area contributed by atoms with E-state index < -0.39 is 0 Å². The Hall–Kier alpha value is -0.900. The van der Waals surface area contributed by atoms with Gasteiger partial charge in [0.15, 0.2) is 0 Å². The van der Waals surface area contributed by atoms with Gasteiger partial charge in [-0.05, 0) is 25.3 Å². The van der Waals surface area contributed by atoms with Crippen molar-refractivity contribution < 1.29 is 0 Å². The molecule has 0 radical (unpaired) electrons. The maximum Gasteiger partial charge on any atom is 0.138 e. The minimum atomic E-state index is 0.556. The summed E-state index contributed by atoms with van der Waals surface area (Å²) in [6.07, 6.45) is 4.18. The van der Waals surface area contributed by atoms with Crippen LogP contribution in [0.3, 0.4) is 0 Å². The van der Waals surface area contributed by atoms with Crippen LogP contribution >= 0.6 is 0 Å². The van der Waals surface area contributed by atoms with E-state index in [-0.39, 0.29) is 0 Å². The zero-order valence-corrected chi connectivity index (χ0v) is 9.61. The molecule has 1 N–H and O–H groups in total. The van der Waals surface area contributed by atoms with Crippen LogP contribution in [0.25, 0.3) is 0 Å². The molecule has 1 atom stereocenters. The van der Waals surface area contributed by atoms with E-state index in [4.69, 9.17) is 0 Å². The molecular weight excluding hydrogens is 188 g/mol. The lowest BCUT2D eigenvalue weighted by Gasteiger charge is -2.22. The fourth-order valence-electron chi connectivity index (χ4n) is 2.15. The molecule has 0 spiro atoms. The number of piperidine rings is 1. The number of aromatic nitrogens is 3. The summed E-state index contributed by atoms with van der Waals surface area (Å²) in [4.78, 5) is 4.40. The molecule has 1 fully saturated rings. The molecule has 0 amide bonds. The van der Waals surface area contributed by atoms with Crippen molar-refractivity contribution in [1.29, 1.82) is 0 Å². The molecule has 2 heterocycles. The Labute approximate surface area is 91.1 Å². The maximum absolute atomic E-state index is 4.40. The molecule has 0 saturated carbocycles. The molecule has 1 aliphatic rings. The van der Waals surface area contributed by atoms with E-state index in [0.29, 0.717) is 11.8 Å². The van der Waals surface area contributed by atoms with E-state index >= 15 is 0 Å². The summed E-state index contributed by atoms with van der Waals surface area (Å²) in [5.41, 5.74) is 0. The van der Waals surface area contributed by atoms with E-state index in [2.05, 4.69) is 33.9 Å². The Morgan fingerprint density at radius 3 is 3.13 bits per heavy atom. The van der Waals surface area contributed by atoms with Gasteiger partial charge in [0.05, 0.1) is 0 Å². The van der Waals surface area contributed by atoms with Gasteiger partial charge in [-0.3, -0.25) is 0 Å². The summed E-state index contributed by atoms with van der Waals surface area (Å²) in [7, 11) is 0. The zero-order chi connectivity index (χ0) is 10.7. The third kappa shape index (κ3) is 2.56. The van der Waals surface area contributed by atoms with Gasteiger partial charge in [0.25, 0.3) is 0 Å². The Morgan fingerprint density at radius 2 is 2.47 bits per heavy atom. The van der Waals surface area contributed by atoms with Crippen LogP contribution in [-0.4, -0.2) is 27.9 Å². The quantitative estimate of drug-likeness (QED) is 0.816. The standard InChI is InChI=1S/C11H20N4/c1-9(2)7-15-11(13-8-14-15)10-4-3-5-12-6-10/h8-10,12H,3-7H2,1-2H3/t10-/m0/s1. The predicted molar refractivity (Wildman–Crippen MR) is 59.7 cm³/mol. The average Bonchev–Trinajstić information content (AvgIpc) is 2.66. The maximum atomic E-state index is 4.40. The van der Waals surface area contributed by atoms with Gasteiger partial charge in [0.1, 0.15) is 12.2 Å². The van der Waals surface area contributed by atoms with Gasteiger partial charge in [-0.2, -0.15) is 5.10 Å². The molecule has 0 aromatic carbocycles. The van der Waals surface area contributed by atoms with Gasteiger partial charge in [0, 0.05) is 19.0 Å². The lowest BCUT2D eigenvalue weighted by molar-refractivity contribution is 0.401. The van der Waals surface area contributed by atoms with Crippen molar-refractivity contribution in [2.24, 2.45) is 5.92 Å². The Kier molecular flexibility index (Phi) is 3.36. The van der Waals surface area contributed by atoms with Crippen LogP contribution in [0.15, 0.2) is 6.33 Å². The van der Waals surface area contributed by atoms with E-state index in [9.17, 15) is 0 Å². The Bertz CT molecular complexity index is 299. The summed E-state index contributed by atoms with van der Waals surface area (Å²) in [6.45, 7) is 7.60. The summed E-state index contributed by atoms with van der Waals surface area (Å²) < 4.78 is 2.07. The second kappa shape index (κ2) is 4.75. The van der Waals surface area contributed by atoms with Crippen molar-refractivity contribution in [3.8, 4) is 0 Å². The molecule has 1 saturated heterocycles. The normalized spacial score (nSPS) is 22.2. The van der Waals surface area contributed by atoms with Crippen LogP contribution in [0, 0.1) is 5.92 Å². The summed E-state index contributed by atoms with van der Waals surface area (Å²) >= 11 is 0. The second-order valence-electron chi connectivity index (χ2n) is 4.74. The van der Waals surface area contributed by atoms with E-state index in [0.717, 1.165) is 25.5 Å². The molecule has 1 aromatic heterocycles. The van der Waals surface area contributed by atoms with Gasteiger partial charge in [-0.1, -0.05) is 13.8 Å². The molecule has 84 valence electrons. The SMILES string of the molecule is CC(C)Cn1ncnc1[C@H]1CCCNC1. The lowest BCUT2D eigenvalue weighted by Crippen LogP contribution is -2.30. The summed E-state index contributed by atoms with van der Waals surface area (Å²) in [5, 5.41) is 7.73. The fraction of sp³-hybridized carbons (Fsp3) is 0.818. The van der Waals surface area contributed by atoms with Crippen LogP contribution in [0.5, 0.6) is 0 Å². The van der Waals surface area contributed by atoms with Crippen LogP contribution in [0.4, 0.5) is 0 Å². The highest BCUT2D eigenvalue weighted by molar-refractivity contribution is 4.98. The zero-order valence-electron chi connectivity index (χ0n) is 9.61. The number of nitrogens with one attached hydrogen (secondary N) is 1. The number of nitrogens with zero attached hydrogens (tertiary/aromatic N) is 3. The third-order valence-electron chi connectivity index (χ3n) is 2.85. The van der Waals surface area contributed by atoms with Crippen molar-refractivity contribution in [3.05, 3.63) is 12.2 Å². The number of hydrogen-bond donors (Lipinski definition) is 1. The molecule has 1 aromatic rings. The molecule has 15 heavy (non-hydrogen) atoms. The monoisotopic (exact) mass is 208 g/mol. The van der Waals surface area contributed by atoms with E-state index in [1.165, 1.54) is 12.8 Å². The fourth-order valence-corrected chi connectivity index (χ4v) is 2.15. The Morgan fingerprint density at radius 1 is 1.60 bits per heavy atom. The molecule has 1 aliphatic heterocycles. The van der Waals surface area contributed by atoms with Crippen LogP contribution in [0.2, 0.25) is 0 Å². The van der Waals surface area contributed by atoms with Gasteiger partial charge in [-0.25, -0.2) is 9.67 Å². The van der Waals surface area contributed by atoms with Crippen LogP contribution < -0.4 is 5.32 Å². The largest absolute Gasteiger partial charge is 0.316 e. The van der Waals surface area contributed by atoms with Crippen LogP contribution in [0.1, 0.15) is 38.4 Å². The molecule has 4 nitrogen and oxygen atoms in total. The average molecular weight is 208 g/mol. The van der Waals surface area contributed by atoms with Gasteiger partial charge >= 0.3 is 0 Å². The smallest absolute Gasteiger partial charge is 0.138 e. The number of hydrogen-bond acceptors (Lipinski definition) is 3. The van der Waals surface area contributed by atoms with Crippen molar-refractivity contribution in [2.45, 2.75) is 39.2 Å². The molecule has 0 unspecified atom stereocenters. The predicted octanol–water partition coefficient (Wildman–Crippen LogP) is 1.40. The van der Waals surface area contributed by atoms with Crippen molar-refractivity contribution in [3.63, 3.8) is 0 Å². The minimum absolute atomic E-state index is 0.556. The first-order chi connectivity index (χ1) is 7.27. The van der Waals surface area contributed by atoms with Gasteiger partial charge in [0.2, 0.25) is 0 Å². The van der Waals surface area contributed by atoms with Gasteiger partial charge in [-0.15, -0.1) is 0 Å². The van der Waals surface area contributed by atoms with Crippen LogP contribution in [-0.2, 0) is 6.54 Å². The molecule has 2 rings (SSSR count). The van der Waals surface area contributed by atoms with Gasteiger partial charge < -0.3 is 5.32 Å². The molecule has 0 aliphatic carbocycles. The molecule has 0 bridgehead atoms. The molecule has 4 heteroatoms. The first-order valence-electron chi connectivity index (χ1n) is 5.86. The van der Waals surface area contributed by atoms with Crippen molar-refractivity contribution in [1.82, 2.24) is 20.1 Å². The highest BCUT2D eigenvalue weighted by atomic mass is 15.3. The summed E-state index contributed by atoms with van der Waals surface area (Å²) in [6, 6.07) is 0. The topological polar surface area (TPSA) is 42.7 Å². The first-order valence-corrected chi connectivity index (χ1v) is 5.86. The molecular formula is C11H20N4. The first kappa shape index (κ1) is 10.6. The van der Waals surface area contributed by atoms with E-state index in [1.54, 1.807) is 6.33 Å². The van der Waals surface area contributed by atoms with E-state index in [1.807, 2.05) is 0 Å². The number of rotatable bonds is 3. The van der Waals surface area contributed by atoms with Crippen molar-refractivity contribution in [2.75, 3.05) is 13.1 Å². The third-order valence-corrected chi connectivity index (χ3v) is 2.85.